The highest BCUT2D eigenvalue weighted by atomic mass is 79.9. The van der Waals surface area contributed by atoms with Gasteiger partial charge in [0.2, 0.25) is 5.82 Å². The van der Waals surface area contributed by atoms with E-state index in [1.165, 1.54) is 7.11 Å². The molecule has 1 aromatic rings. The zero-order valence-electron chi connectivity index (χ0n) is 5.93. The Kier molecular flexibility index (Phi) is 2.64. The number of aromatic nitrogens is 2. The molecule has 0 aliphatic carbocycles. The summed E-state index contributed by atoms with van der Waals surface area (Å²) in [6.07, 6.45) is 1.58. The van der Waals surface area contributed by atoms with Crippen molar-refractivity contribution < 1.29 is 9.53 Å². The molecule has 0 aliphatic heterocycles. The van der Waals surface area contributed by atoms with Gasteiger partial charge in [-0.1, -0.05) is 15.9 Å². The molecule has 1 rings (SSSR count). The van der Waals surface area contributed by atoms with E-state index in [4.69, 9.17) is 0 Å². The summed E-state index contributed by atoms with van der Waals surface area (Å²) in [6, 6.07) is 0. The van der Waals surface area contributed by atoms with E-state index < -0.39 is 5.97 Å². The van der Waals surface area contributed by atoms with Gasteiger partial charge in [-0.15, -0.1) is 0 Å². The van der Waals surface area contributed by atoms with Crippen molar-refractivity contribution in [2.45, 2.75) is 5.33 Å². The average molecular weight is 219 g/mol. The first-order chi connectivity index (χ1) is 5.27. The van der Waals surface area contributed by atoms with Crippen LogP contribution in [0.1, 0.15) is 16.3 Å². The maximum absolute atomic E-state index is 10.8. The molecular formula is C6H7BrN2O2. The van der Waals surface area contributed by atoms with Crippen molar-refractivity contribution in [3.05, 3.63) is 17.7 Å². The van der Waals surface area contributed by atoms with Crippen LogP contribution in [0.3, 0.4) is 0 Å². The van der Waals surface area contributed by atoms with Gasteiger partial charge in [-0.05, 0) is 0 Å². The minimum Gasteiger partial charge on any atom is -0.463 e. The van der Waals surface area contributed by atoms with Crippen molar-refractivity contribution >= 4 is 21.9 Å². The maximum atomic E-state index is 10.8. The first kappa shape index (κ1) is 8.26. The van der Waals surface area contributed by atoms with Gasteiger partial charge in [0.1, 0.15) is 0 Å². The van der Waals surface area contributed by atoms with Gasteiger partial charge in [-0.25, -0.2) is 9.78 Å². The van der Waals surface area contributed by atoms with E-state index in [0.29, 0.717) is 5.33 Å². The molecule has 0 fully saturated rings. The minimum atomic E-state index is -0.447. The summed E-state index contributed by atoms with van der Waals surface area (Å²) in [6.45, 7) is 0. The molecule has 0 saturated carbocycles. The van der Waals surface area contributed by atoms with E-state index in [9.17, 15) is 4.79 Å². The van der Waals surface area contributed by atoms with Crippen molar-refractivity contribution in [1.29, 1.82) is 0 Å². The largest absolute Gasteiger partial charge is 0.463 e. The predicted octanol–water partition coefficient (Wildman–Crippen LogP) is 1.09. The molecule has 0 aliphatic rings. The number of carbonyl (C=O) groups excluding carboxylic acids is 1. The lowest BCUT2D eigenvalue weighted by atomic mass is 10.6. The number of halogens is 1. The molecule has 1 aromatic heterocycles. The third-order valence-corrected chi connectivity index (χ3v) is 1.76. The summed E-state index contributed by atoms with van der Waals surface area (Å²) >= 11 is 3.22. The number of imidazole rings is 1. The van der Waals surface area contributed by atoms with Gasteiger partial charge in [-0.3, -0.25) is 0 Å². The highest BCUT2D eigenvalue weighted by molar-refractivity contribution is 9.08. The second kappa shape index (κ2) is 3.52. The molecule has 0 spiro atoms. The van der Waals surface area contributed by atoms with Crippen LogP contribution >= 0.6 is 15.9 Å². The van der Waals surface area contributed by atoms with Gasteiger partial charge in [0.25, 0.3) is 0 Å². The summed E-state index contributed by atoms with van der Waals surface area (Å²) in [5, 5.41) is 0.650. The van der Waals surface area contributed by atoms with Crippen molar-refractivity contribution in [3.63, 3.8) is 0 Å². The zero-order valence-corrected chi connectivity index (χ0v) is 7.51. The van der Waals surface area contributed by atoms with Crippen LogP contribution in [0, 0.1) is 0 Å². The predicted molar refractivity (Wildman–Crippen MR) is 42.6 cm³/mol. The quantitative estimate of drug-likeness (QED) is 0.598. The lowest BCUT2D eigenvalue weighted by Gasteiger charge is -1.91. The Morgan fingerprint density at radius 2 is 2.64 bits per heavy atom. The van der Waals surface area contributed by atoms with E-state index in [1.807, 2.05) is 0 Å². The average Bonchev–Trinajstić information content (AvgIpc) is 2.50. The number of nitrogens with zero attached hydrogens (tertiary/aromatic N) is 1. The number of rotatable bonds is 2. The standard InChI is InChI=1S/C6H7BrN2O2/c1-11-6(10)5-8-3-4(2-7)9-5/h3H,2H2,1H3,(H,8,9). The highest BCUT2D eigenvalue weighted by Gasteiger charge is 2.08. The van der Waals surface area contributed by atoms with Gasteiger partial charge in [0, 0.05) is 17.2 Å². The third kappa shape index (κ3) is 1.80. The molecule has 0 saturated heterocycles. The van der Waals surface area contributed by atoms with E-state index in [1.54, 1.807) is 6.20 Å². The van der Waals surface area contributed by atoms with Crippen LogP contribution in [-0.4, -0.2) is 23.0 Å². The Morgan fingerprint density at radius 1 is 1.91 bits per heavy atom. The van der Waals surface area contributed by atoms with E-state index >= 15 is 0 Å². The number of hydrogen-bond donors (Lipinski definition) is 1. The van der Waals surface area contributed by atoms with Crippen LogP contribution < -0.4 is 0 Å². The van der Waals surface area contributed by atoms with Crippen LogP contribution in [0.25, 0.3) is 0 Å². The number of methoxy groups -OCH3 is 1. The smallest absolute Gasteiger partial charge is 0.374 e. The van der Waals surface area contributed by atoms with E-state index in [2.05, 4.69) is 30.6 Å². The summed E-state index contributed by atoms with van der Waals surface area (Å²) in [5.41, 5.74) is 0.852. The normalized spacial score (nSPS) is 9.64. The van der Waals surface area contributed by atoms with Gasteiger partial charge >= 0.3 is 5.97 Å². The summed E-state index contributed by atoms with van der Waals surface area (Å²) in [4.78, 5) is 17.4. The topological polar surface area (TPSA) is 55.0 Å². The number of nitrogens with one attached hydrogen (secondary N) is 1. The molecular weight excluding hydrogens is 212 g/mol. The van der Waals surface area contributed by atoms with Crippen LogP contribution in [0.4, 0.5) is 0 Å². The molecule has 0 bridgehead atoms. The van der Waals surface area contributed by atoms with Crippen molar-refractivity contribution in [1.82, 2.24) is 9.97 Å². The first-order valence-electron chi connectivity index (χ1n) is 2.96. The molecule has 0 aromatic carbocycles. The summed E-state index contributed by atoms with van der Waals surface area (Å²) < 4.78 is 4.45. The van der Waals surface area contributed by atoms with Crippen LogP contribution in [0.15, 0.2) is 6.20 Å². The second-order valence-corrected chi connectivity index (χ2v) is 2.44. The fraction of sp³-hybridized carbons (Fsp3) is 0.333. The minimum absolute atomic E-state index is 0.238. The maximum Gasteiger partial charge on any atom is 0.374 e. The summed E-state index contributed by atoms with van der Waals surface area (Å²) in [5.74, 6) is -0.209. The number of esters is 1. The van der Waals surface area contributed by atoms with Crippen LogP contribution in [-0.2, 0) is 10.1 Å². The van der Waals surface area contributed by atoms with Crippen LogP contribution in [0.2, 0.25) is 0 Å². The fourth-order valence-electron chi connectivity index (χ4n) is 0.627. The first-order valence-corrected chi connectivity index (χ1v) is 4.08. The molecule has 0 amide bonds. The number of H-pyrrole nitrogens is 1. The van der Waals surface area contributed by atoms with Crippen LogP contribution in [0.5, 0.6) is 0 Å². The lowest BCUT2D eigenvalue weighted by Crippen LogP contribution is -2.03. The molecule has 60 valence electrons. The molecule has 0 radical (unpaired) electrons. The van der Waals surface area contributed by atoms with Gasteiger partial charge in [0.15, 0.2) is 0 Å². The SMILES string of the molecule is COC(=O)c1ncc(CBr)[nH]1. The molecule has 0 unspecified atom stereocenters. The summed E-state index contributed by atoms with van der Waals surface area (Å²) in [7, 11) is 1.32. The third-order valence-electron chi connectivity index (χ3n) is 1.15. The lowest BCUT2D eigenvalue weighted by molar-refractivity contribution is 0.0588. The Balaban J connectivity index is 2.80. The van der Waals surface area contributed by atoms with E-state index in [-0.39, 0.29) is 5.82 Å². The van der Waals surface area contributed by atoms with Gasteiger partial charge in [0.05, 0.1) is 7.11 Å². The monoisotopic (exact) mass is 218 g/mol. The fourth-order valence-corrected chi connectivity index (χ4v) is 0.912. The zero-order chi connectivity index (χ0) is 8.27. The Bertz CT molecular complexity index is 259. The molecule has 11 heavy (non-hydrogen) atoms. The molecule has 1 heterocycles. The second-order valence-electron chi connectivity index (χ2n) is 1.88. The number of alkyl halides is 1. The molecule has 5 heteroatoms. The molecule has 1 N–H and O–H groups in total. The molecule has 0 atom stereocenters. The Hall–Kier alpha value is -0.840. The van der Waals surface area contributed by atoms with E-state index in [0.717, 1.165) is 5.69 Å². The molecule has 4 nitrogen and oxygen atoms in total. The number of hydrogen-bond acceptors (Lipinski definition) is 3. The van der Waals surface area contributed by atoms with Crippen molar-refractivity contribution in [2.24, 2.45) is 0 Å². The van der Waals surface area contributed by atoms with Gasteiger partial charge < -0.3 is 9.72 Å². The van der Waals surface area contributed by atoms with Gasteiger partial charge in [-0.2, -0.15) is 0 Å². The number of aromatic amines is 1. The Labute approximate surface area is 72.1 Å². The number of carbonyl (C=O) groups is 1. The van der Waals surface area contributed by atoms with Crippen molar-refractivity contribution in [2.75, 3.05) is 7.11 Å². The highest BCUT2D eigenvalue weighted by Crippen LogP contribution is 2.02. The van der Waals surface area contributed by atoms with Crippen molar-refractivity contribution in [3.8, 4) is 0 Å². The number of ether oxygens (including phenoxy) is 1. The Morgan fingerprint density at radius 3 is 3.09 bits per heavy atom.